The number of aryl methyl sites for hydroxylation is 2. The number of ether oxygens (including phenoxy) is 2. The van der Waals surface area contributed by atoms with Crippen molar-refractivity contribution in [3.8, 4) is 11.5 Å². The van der Waals surface area contributed by atoms with Gasteiger partial charge in [0.15, 0.2) is 17.6 Å². The van der Waals surface area contributed by atoms with Gasteiger partial charge in [-0.25, -0.2) is 4.79 Å². The molecule has 134 valence electrons. The van der Waals surface area contributed by atoms with E-state index in [2.05, 4.69) is 15.5 Å². The number of nitrogens with zero attached hydrogens (tertiary/aromatic N) is 2. The van der Waals surface area contributed by atoms with Crippen molar-refractivity contribution in [1.29, 1.82) is 0 Å². The van der Waals surface area contributed by atoms with E-state index in [1.165, 1.54) is 5.56 Å². The number of aromatic nitrogens is 2. The number of para-hydroxylation sites is 2. The lowest BCUT2D eigenvalue weighted by Crippen LogP contribution is -2.45. The zero-order chi connectivity index (χ0) is 17.6. The SMILES string of the molecule is Cc1[nH]ncc1CCCNC(=O)N(C)C[C@H]1COc2ccccc2O1. The number of benzene rings is 1. The molecule has 0 bridgehead atoms. The predicted octanol–water partition coefficient (Wildman–Crippen LogP) is 2.13. The summed E-state index contributed by atoms with van der Waals surface area (Å²) >= 11 is 0. The van der Waals surface area contributed by atoms with Crippen molar-refractivity contribution in [2.45, 2.75) is 25.9 Å². The Bertz CT molecular complexity index is 716. The molecule has 3 rings (SSSR count). The second-order valence-electron chi connectivity index (χ2n) is 6.23. The molecule has 1 aliphatic heterocycles. The van der Waals surface area contributed by atoms with Gasteiger partial charge in [0.05, 0.1) is 12.7 Å². The van der Waals surface area contributed by atoms with Crippen molar-refractivity contribution >= 4 is 6.03 Å². The van der Waals surface area contributed by atoms with Crippen molar-refractivity contribution in [2.24, 2.45) is 0 Å². The van der Waals surface area contributed by atoms with Gasteiger partial charge in [-0.2, -0.15) is 5.10 Å². The maximum Gasteiger partial charge on any atom is 0.317 e. The zero-order valence-electron chi connectivity index (χ0n) is 14.6. The number of carbonyl (C=O) groups excluding carboxylic acids is 1. The molecule has 0 fully saturated rings. The number of likely N-dealkylation sites (N-methyl/N-ethyl adjacent to an activating group) is 1. The van der Waals surface area contributed by atoms with E-state index in [-0.39, 0.29) is 12.1 Å². The molecule has 0 saturated carbocycles. The number of urea groups is 1. The third kappa shape index (κ3) is 4.43. The summed E-state index contributed by atoms with van der Waals surface area (Å²) in [6.45, 7) is 3.53. The Kier molecular flexibility index (Phi) is 5.42. The number of nitrogens with one attached hydrogen (secondary N) is 2. The highest BCUT2D eigenvalue weighted by molar-refractivity contribution is 5.73. The first-order valence-electron chi connectivity index (χ1n) is 8.50. The molecule has 2 heterocycles. The highest BCUT2D eigenvalue weighted by atomic mass is 16.6. The Morgan fingerprint density at radius 3 is 2.96 bits per heavy atom. The first kappa shape index (κ1) is 17.1. The summed E-state index contributed by atoms with van der Waals surface area (Å²) in [5.41, 5.74) is 2.27. The Morgan fingerprint density at radius 1 is 1.40 bits per heavy atom. The average molecular weight is 344 g/mol. The molecule has 1 atom stereocenters. The third-order valence-electron chi connectivity index (χ3n) is 4.23. The van der Waals surface area contributed by atoms with E-state index < -0.39 is 0 Å². The smallest absolute Gasteiger partial charge is 0.317 e. The summed E-state index contributed by atoms with van der Waals surface area (Å²) in [6, 6.07) is 7.46. The van der Waals surface area contributed by atoms with Gasteiger partial charge in [0, 0.05) is 19.3 Å². The number of hydrogen-bond donors (Lipinski definition) is 2. The number of fused-ring (bicyclic) bond motifs is 1. The van der Waals surface area contributed by atoms with Crippen molar-refractivity contribution in [1.82, 2.24) is 20.4 Å². The van der Waals surface area contributed by atoms with Crippen LogP contribution >= 0.6 is 0 Å². The van der Waals surface area contributed by atoms with Crippen LogP contribution in [-0.2, 0) is 6.42 Å². The quantitative estimate of drug-likeness (QED) is 0.787. The van der Waals surface area contributed by atoms with Crippen LogP contribution in [0.2, 0.25) is 0 Å². The normalized spacial score (nSPS) is 15.7. The van der Waals surface area contributed by atoms with Gasteiger partial charge in [0.2, 0.25) is 0 Å². The molecule has 7 nitrogen and oxygen atoms in total. The minimum atomic E-state index is -0.167. The highest BCUT2D eigenvalue weighted by Gasteiger charge is 2.23. The molecule has 1 aromatic heterocycles. The standard InChI is InChI=1S/C18H24N4O3/c1-13-14(10-20-21-13)6-5-9-19-18(23)22(2)11-15-12-24-16-7-3-4-8-17(16)25-15/h3-4,7-8,10,15H,5-6,9,11-12H2,1-2H3,(H,19,23)(H,20,21)/t15-/m0/s1. The molecule has 1 aromatic carbocycles. The monoisotopic (exact) mass is 344 g/mol. The molecule has 0 unspecified atom stereocenters. The van der Waals surface area contributed by atoms with Crippen molar-refractivity contribution in [2.75, 3.05) is 26.7 Å². The fourth-order valence-corrected chi connectivity index (χ4v) is 2.78. The number of rotatable bonds is 6. The molecular weight excluding hydrogens is 320 g/mol. The van der Waals surface area contributed by atoms with Crippen molar-refractivity contribution in [3.05, 3.63) is 41.7 Å². The largest absolute Gasteiger partial charge is 0.486 e. The Labute approximate surface area is 147 Å². The first-order chi connectivity index (χ1) is 12.1. The maximum atomic E-state index is 12.2. The topological polar surface area (TPSA) is 79.5 Å². The number of carbonyl (C=O) groups is 1. The van der Waals surface area contributed by atoms with Crippen LogP contribution < -0.4 is 14.8 Å². The summed E-state index contributed by atoms with van der Waals surface area (Å²) < 4.78 is 11.6. The van der Waals surface area contributed by atoms with Crippen LogP contribution in [0, 0.1) is 6.92 Å². The molecule has 0 spiro atoms. The van der Waals surface area contributed by atoms with Crippen LogP contribution in [0.1, 0.15) is 17.7 Å². The summed E-state index contributed by atoms with van der Waals surface area (Å²) in [4.78, 5) is 13.8. The van der Waals surface area contributed by atoms with Crippen LogP contribution in [0.15, 0.2) is 30.5 Å². The molecule has 0 saturated heterocycles. The second-order valence-corrected chi connectivity index (χ2v) is 6.23. The molecule has 2 amide bonds. The van der Waals surface area contributed by atoms with E-state index in [4.69, 9.17) is 9.47 Å². The predicted molar refractivity (Wildman–Crippen MR) is 94.0 cm³/mol. The molecule has 2 N–H and O–H groups in total. The fraction of sp³-hybridized carbons (Fsp3) is 0.444. The van der Waals surface area contributed by atoms with E-state index in [0.717, 1.165) is 30.0 Å². The number of aromatic amines is 1. The number of H-pyrrole nitrogens is 1. The van der Waals surface area contributed by atoms with Gasteiger partial charge in [-0.1, -0.05) is 12.1 Å². The van der Waals surface area contributed by atoms with Crippen molar-refractivity contribution < 1.29 is 14.3 Å². The van der Waals surface area contributed by atoms with E-state index in [1.807, 2.05) is 37.4 Å². The third-order valence-corrected chi connectivity index (χ3v) is 4.23. The summed E-state index contributed by atoms with van der Waals surface area (Å²) in [5, 5.41) is 9.85. The Balaban J connectivity index is 1.39. The van der Waals surface area contributed by atoms with Crippen LogP contribution in [0.5, 0.6) is 11.5 Å². The lowest BCUT2D eigenvalue weighted by molar-refractivity contribution is 0.0716. The lowest BCUT2D eigenvalue weighted by Gasteiger charge is -2.29. The molecule has 1 aliphatic rings. The summed E-state index contributed by atoms with van der Waals surface area (Å²) in [6.07, 6.45) is 3.43. The average Bonchev–Trinajstić information content (AvgIpc) is 3.03. The Morgan fingerprint density at radius 2 is 2.20 bits per heavy atom. The molecule has 0 radical (unpaired) electrons. The van der Waals surface area contributed by atoms with E-state index >= 15 is 0 Å². The molecular formula is C18H24N4O3. The van der Waals surface area contributed by atoms with Gasteiger partial charge < -0.3 is 19.7 Å². The zero-order valence-corrected chi connectivity index (χ0v) is 14.6. The van der Waals surface area contributed by atoms with Crippen LogP contribution in [0.4, 0.5) is 4.79 Å². The van der Waals surface area contributed by atoms with E-state index in [0.29, 0.717) is 19.7 Å². The van der Waals surface area contributed by atoms with Crippen LogP contribution in [-0.4, -0.2) is 54.0 Å². The summed E-state index contributed by atoms with van der Waals surface area (Å²) in [5.74, 6) is 1.48. The maximum absolute atomic E-state index is 12.2. The number of hydrogen-bond acceptors (Lipinski definition) is 4. The van der Waals surface area contributed by atoms with Gasteiger partial charge in [-0.15, -0.1) is 0 Å². The van der Waals surface area contributed by atoms with Gasteiger partial charge in [-0.3, -0.25) is 5.10 Å². The Hall–Kier alpha value is -2.70. The van der Waals surface area contributed by atoms with Gasteiger partial charge in [-0.05, 0) is 37.5 Å². The van der Waals surface area contributed by atoms with E-state index in [9.17, 15) is 4.79 Å². The lowest BCUT2D eigenvalue weighted by atomic mass is 10.1. The number of amides is 2. The van der Waals surface area contributed by atoms with Crippen LogP contribution in [0.3, 0.4) is 0 Å². The molecule has 0 aliphatic carbocycles. The molecule has 25 heavy (non-hydrogen) atoms. The van der Waals surface area contributed by atoms with Crippen molar-refractivity contribution in [3.63, 3.8) is 0 Å². The molecule has 2 aromatic rings. The highest BCUT2D eigenvalue weighted by Crippen LogP contribution is 2.30. The minimum absolute atomic E-state index is 0.105. The van der Waals surface area contributed by atoms with Crippen LogP contribution in [0.25, 0.3) is 0 Å². The van der Waals surface area contributed by atoms with Gasteiger partial charge in [0.1, 0.15) is 6.61 Å². The first-order valence-corrected chi connectivity index (χ1v) is 8.50. The molecule has 7 heteroatoms. The van der Waals surface area contributed by atoms with Gasteiger partial charge in [0.25, 0.3) is 0 Å². The van der Waals surface area contributed by atoms with E-state index in [1.54, 1.807) is 11.9 Å². The summed E-state index contributed by atoms with van der Waals surface area (Å²) in [7, 11) is 1.76. The van der Waals surface area contributed by atoms with Gasteiger partial charge >= 0.3 is 6.03 Å². The fourth-order valence-electron chi connectivity index (χ4n) is 2.78. The minimum Gasteiger partial charge on any atom is -0.486 e. The second kappa shape index (κ2) is 7.92.